The Hall–Kier alpha value is -0.280. The van der Waals surface area contributed by atoms with Crippen molar-refractivity contribution in [3.63, 3.8) is 0 Å². The summed E-state index contributed by atoms with van der Waals surface area (Å²) < 4.78 is 1.08. The molecule has 1 aromatic rings. The zero-order chi connectivity index (χ0) is 13.0. The van der Waals surface area contributed by atoms with Crippen molar-refractivity contribution in [2.45, 2.75) is 37.5 Å². The van der Waals surface area contributed by atoms with Gasteiger partial charge in [-0.1, -0.05) is 31.9 Å². The molecule has 0 bridgehead atoms. The molecule has 2 rings (SSSR count). The molecule has 1 saturated carbocycles. The lowest BCUT2D eigenvalue weighted by Gasteiger charge is -2.25. The van der Waals surface area contributed by atoms with Gasteiger partial charge in [0, 0.05) is 15.3 Å². The van der Waals surface area contributed by atoms with Crippen molar-refractivity contribution in [1.82, 2.24) is 0 Å². The monoisotopic (exact) mass is 326 g/mol. The number of carbonyl (C=O) groups excluding carboxylic acids is 1. The number of carbonyl (C=O) groups is 1. The molecule has 0 spiro atoms. The highest BCUT2D eigenvalue weighted by Crippen LogP contribution is 2.32. The average Bonchev–Trinajstić information content (AvgIpc) is 2.37. The number of benzene rings is 1. The molecule has 0 saturated heterocycles. The van der Waals surface area contributed by atoms with Crippen LogP contribution >= 0.6 is 27.7 Å². The van der Waals surface area contributed by atoms with Crippen LogP contribution in [-0.2, 0) is 4.79 Å². The van der Waals surface area contributed by atoms with E-state index in [0.29, 0.717) is 17.5 Å². The molecule has 0 N–H and O–H groups in total. The summed E-state index contributed by atoms with van der Waals surface area (Å²) in [6.45, 7) is 2.26. The van der Waals surface area contributed by atoms with Gasteiger partial charge in [0.25, 0.3) is 0 Å². The molecular weight excluding hydrogens is 308 g/mol. The third-order valence-electron chi connectivity index (χ3n) is 3.60. The summed E-state index contributed by atoms with van der Waals surface area (Å²) in [5.41, 5.74) is 0. The third kappa shape index (κ3) is 3.86. The highest BCUT2D eigenvalue weighted by atomic mass is 79.9. The molecule has 2 unspecified atom stereocenters. The highest BCUT2D eigenvalue weighted by molar-refractivity contribution is 9.10. The Morgan fingerprint density at radius 3 is 2.89 bits per heavy atom. The number of ketones is 1. The van der Waals surface area contributed by atoms with E-state index < -0.39 is 0 Å². The molecule has 1 fully saturated rings. The molecule has 0 aromatic heterocycles. The van der Waals surface area contributed by atoms with Gasteiger partial charge in [0.1, 0.15) is 5.78 Å². The lowest BCUT2D eigenvalue weighted by molar-refractivity contribution is -0.121. The first-order valence-electron chi connectivity index (χ1n) is 6.57. The van der Waals surface area contributed by atoms with E-state index in [-0.39, 0.29) is 0 Å². The Morgan fingerprint density at radius 1 is 1.39 bits per heavy atom. The van der Waals surface area contributed by atoms with Crippen molar-refractivity contribution in [1.29, 1.82) is 0 Å². The Kier molecular flexibility index (Phi) is 5.31. The van der Waals surface area contributed by atoms with Gasteiger partial charge in [-0.05, 0) is 46.8 Å². The molecule has 0 aliphatic heterocycles. The maximum absolute atomic E-state index is 12.2. The summed E-state index contributed by atoms with van der Waals surface area (Å²) in [5, 5.41) is 0. The largest absolute Gasteiger partial charge is 0.298 e. The molecule has 3 heteroatoms. The Balaban J connectivity index is 1.86. The van der Waals surface area contributed by atoms with Crippen molar-refractivity contribution in [3.8, 4) is 0 Å². The third-order valence-corrected chi connectivity index (χ3v) is 5.65. The highest BCUT2D eigenvalue weighted by Gasteiger charge is 2.24. The van der Waals surface area contributed by atoms with Crippen LogP contribution in [-0.4, -0.2) is 11.5 Å². The van der Waals surface area contributed by atoms with E-state index in [9.17, 15) is 4.79 Å². The molecule has 1 nitrogen and oxygen atoms in total. The summed E-state index contributed by atoms with van der Waals surface area (Å²) in [6, 6.07) is 8.10. The second-order valence-electron chi connectivity index (χ2n) is 5.15. The van der Waals surface area contributed by atoms with E-state index in [2.05, 4.69) is 28.9 Å². The predicted octanol–water partition coefficient (Wildman–Crippen LogP) is 4.94. The smallest absolute Gasteiger partial charge is 0.146 e. The van der Waals surface area contributed by atoms with Gasteiger partial charge in [-0.25, -0.2) is 0 Å². The van der Waals surface area contributed by atoms with Crippen LogP contribution in [0.15, 0.2) is 33.6 Å². The molecule has 0 amide bonds. The molecule has 1 aliphatic carbocycles. The van der Waals surface area contributed by atoms with Gasteiger partial charge in [0.05, 0.1) is 5.75 Å². The summed E-state index contributed by atoms with van der Waals surface area (Å²) in [4.78, 5) is 13.4. The molecular formula is C15H19BrOS. The maximum atomic E-state index is 12.2. The Bertz CT molecular complexity index is 419. The Labute approximate surface area is 122 Å². The summed E-state index contributed by atoms with van der Waals surface area (Å²) >= 11 is 5.17. The maximum Gasteiger partial charge on any atom is 0.146 e. The first-order valence-corrected chi connectivity index (χ1v) is 8.34. The first-order chi connectivity index (χ1) is 8.66. The summed E-state index contributed by atoms with van der Waals surface area (Å²) in [7, 11) is 0. The van der Waals surface area contributed by atoms with Gasteiger partial charge < -0.3 is 0 Å². The van der Waals surface area contributed by atoms with Crippen LogP contribution in [0, 0.1) is 11.8 Å². The van der Waals surface area contributed by atoms with Crippen LogP contribution in [0.25, 0.3) is 0 Å². The van der Waals surface area contributed by atoms with Crippen molar-refractivity contribution in [2.75, 3.05) is 5.75 Å². The fraction of sp³-hybridized carbons (Fsp3) is 0.533. The number of hydrogen-bond donors (Lipinski definition) is 0. The van der Waals surface area contributed by atoms with Crippen molar-refractivity contribution in [3.05, 3.63) is 28.7 Å². The summed E-state index contributed by atoms with van der Waals surface area (Å²) in [5.74, 6) is 2.08. The predicted molar refractivity (Wildman–Crippen MR) is 81.0 cm³/mol. The fourth-order valence-corrected chi connectivity index (χ4v) is 4.10. The van der Waals surface area contributed by atoms with E-state index >= 15 is 0 Å². The van der Waals surface area contributed by atoms with E-state index in [1.165, 1.54) is 12.8 Å². The van der Waals surface area contributed by atoms with Crippen LogP contribution < -0.4 is 0 Å². The zero-order valence-electron chi connectivity index (χ0n) is 10.7. The first kappa shape index (κ1) is 14.1. The number of rotatable bonds is 4. The molecule has 2 atom stereocenters. The quantitative estimate of drug-likeness (QED) is 0.729. The lowest BCUT2D eigenvalue weighted by Crippen LogP contribution is -2.23. The van der Waals surface area contributed by atoms with Gasteiger partial charge in [-0.2, -0.15) is 0 Å². The number of hydrogen-bond acceptors (Lipinski definition) is 2. The van der Waals surface area contributed by atoms with Crippen LogP contribution in [0.4, 0.5) is 0 Å². The van der Waals surface area contributed by atoms with E-state index in [1.54, 1.807) is 11.8 Å². The number of halogens is 1. The van der Waals surface area contributed by atoms with Crippen molar-refractivity contribution < 1.29 is 4.79 Å². The standard InChI is InChI=1S/C15H19BrOS/c1-11-5-4-6-12(9-11)14(17)10-18-15-8-3-2-7-13(15)16/h2-3,7-8,11-12H,4-6,9-10H2,1H3. The second kappa shape index (κ2) is 6.76. The minimum Gasteiger partial charge on any atom is -0.298 e. The molecule has 0 heterocycles. The molecule has 1 aliphatic rings. The number of thioether (sulfide) groups is 1. The summed E-state index contributed by atoms with van der Waals surface area (Å²) in [6.07, 6.45) is 4.70. The average molecular weight is 327 g/mol. The number of Topliss-reactive ketones (excluding diaryl/α,β-unsaturated/α-hetero) is 1. The lowest BCUT2D eigenvalue weighted by atomic mass is 9.81. The van der Waals surface area contributed by atoms with E-state index in [4.69, 9.17) is 0 Å². The van der Waals surface area contributed by atoms with E-state index in [0.717, 1.165) is 28.1 Å². The van der Waals surface area contributed by atoms with Gasteiger partial charge >= 0.3 is 0 Å². The van der Waals surface area contributed by atoms with Gasteiger partial charge in [-0.3, -0.25) is 4.79 Å². The Morgan fingerprint density at radius 2 is 2.17 bits per heavy atom. The zero-order valence-corrected chi connectivity index (χ0v) is 13.1. The van der Waals surface area contributed by atoms with Crippen LogP contribution in [0.2, 0.25) is 0 Å². The van der Waals surface area contributed by atoms with Crippen LogP contribution in [0.1, 0.15) is 32.6 Å². The second-order valence-corrected chi connectivity index (χ2v) is 7.03. The minimum atomic E-state index is 0.309. The topological polar surface area (TPSA) is 17.1 Å². The fourth-order valence-electron chi connectivity index (χ4n) is 2.56. The SMILES string of the molecule is CC1CCCC(C(=O)CSc2ccccc2Br)C1. The van der Waals surface area contributed by atoms with Crippen molar-refractivity contribution >= 4 is 33.5 Å². The van der Waals surface area contributed by atoms with Crippen molar-refractivity contribution in [2.24, 2.45) is 11.8 Å². The van der Waals surface area contributed by atoms with Gasteiger partial charge in [0.2, 0.25) is 0 Å². The normalized spacial score (nSPS) is 23.9. The molecule has 1 aromatic carbocycles. The van der Waals surface area contributed by atoms with E-state index in [1.807, 2.05) is 18.2 Å². The minimum absolute atomic E-state index is 0.309. The van der Waals surface area contributed by atoms with Crippen LogP contribution in [0.5, 0.6) is 0 Å². The van der Waals surface area contributed by atoms with Gasteiger partial charge in [0.15, 0.2) is 0 Å². The van der Waals surface area contributed by atoms with Gasteiger partial charge in [-0.15, -0.1) is 11.8 Å². The molecule has 0 radical (unpaired) electrons. The molecule has 18 heavy (non-hydrogen) atoms. The molecule has 98 valence electrons. The van der Waals surface area contributed by atoms with Crippen LogP contribution in [0.3, 0.4) is 0 Å².